The van der Waals surface area contributed by atoms with Crippen LogP contribution in [0.3, 0.4) is 0 Å². The first-order chi connectivity index (χ1) is 14.3. The Morgan fingerprint density at radius 2 is 1.90 bits per heavy atom. The summed E-state index contributed by atoms with van der Waals surface area (Å²) < 4.78 is 19.5. The zero-order chi connectivity index (χ0) is 22.3. The molecule has 0 fully saturated rings. The summed E-state index contributed by atoms with van der Waals surface area (Å²) in [6.07, 6.45) is 0.531. The number of nitrogens with one attached hydrogen (secondary N) is 1. The minimum Gasteiger partial charge on any atom is -0.497 e. The summed E-state index contributed by atoms with van der Waals surface area (Å²) in [7, 11) is 1.56. The summed E-state index contributed by atoms with van der Waals surface area (Å²) in [5, 5.41) is 3.08. The van der Waals surface area contributed by atoms with Gasteiger partial charge in [0.1, 0.15) is 17.6 Å². The fourth-order valence-corrected chi connectivity index (χ4v) is 3.20. The molecule has 0 spiro atoms. The molecule has 0 aliphatic heterocycles. The highest BCUT2D eigenvalue weighted by Gasteiger charge is 2.28. The van der Waals surface area contributed by atoms with Crippen LogP contribution in [0.5, 0.6) is 5.75 Å². The lowest BCUT2D eigenvalue weighted by Crippen LogP contribution is -2.50. The molecule has 1 N–H and O–H groups in total. The molecule has 0 heterocycles. The number of methoxy groups -OCH3 is 1. The topological polar surface area (TPSA) is 58.6 Å². The van der Waals surface area contributed by atoms with Crippen LogP contribution in [0.4, 0.5) is 4.39 Å². The molecule has 0 aliphatic carbocycles. The quantitative estimate of drug-likeness (QED) is 0.637. The van der Waals surface area contributed by atoms with E-state index >= 15 is 0 Å². The Kier molecular flexibility index (Phi) is 8.66. The molecule has 5 nitrogen and oxygen atoms in total. The van der Waals surface area contributed by atoms with E-state index in [4.69, 9.17) is 16.3 Å². The van der Waals surface area contributed by atoms with Crippen LogP contribution in [-0.4, -0.2) is 35.9 Å². The first-order valence-electron chi connectivity index (χ1n) is 9.92. The van der Waals surface area contributed by atoms with Crippen molar-refractivity contribution in [2.75, 3.05) is 7.11 Å². The van der Waals surface area contributed by atoms with E-state index in [1.165, 1.54) is 17.0 Å². The number of rotatable bonds is 9. The lowest BCUT2D eigenvalue weighted by Gasteiger charge is -2.30. The Balaban J connectivity index is 2.31. The Morgan fingerprint density at radius 3 is 2.53 bits per heavy atom. The molecule has 2 unspecified atom stereocenters. The van der Waals surface area contributed by atoms with Crippen LogP contribution in [0.2, 0.25) is 5.02 Å². The second-order valence-corrected chi connectivity index (χ2v) is 7.65. The maximum atomic E-state index is 14.2. The molecule has 0 radical (unpaired) electrons. The van der Waals surface area contributed by atoms with Crippen molar-refractivity contribution in [3.05, 3.63) is 64.4 Å². The van der Waals surface area contributed by atoms with Crippen molar-refractivity contribution in [3.63, 3.8) is 0 Å². The third kappa shape index (κ3) is 6.20. The summed E-state index contributed by atoms with van der Waals surface area (Å²) in [6, 6.07) is 10.8. The van der Waals surface area contributed by atoms with E-state index in [-0.39, 0.29) is 35.5 Å². The summed E-state index contributed by atoms with van der Waals surface area (Å²) in [6.45, 7) is 5.71. The number of amides is 2. The number of hydrogen-bond donors (Lipinski definition) is 1. The number of nitrogens with zero attached hydrogens (tertiary/aromatic N) is 1. The number of carbonyl (C=O) groups is 2. The van der Waals surface area contributed by atoms with E-state index < -0.39 is 17.8 Å². The number of ether oxygens (including phenoxy) is 1. The van der Waals surface area contributed by atoms with Gasteiger partial charge in [-0.15, -0.1) is 0 Å². The largest absolute Gasteiger partial charge is 0.497 e. The van der Waals surface area contributed by atoms with Crippen molar-refractivity contribution < 1.29 is 18.7 Å². The van der Waals surface area contributed by atoms with E-state index in [0.29, 0.717) is 5.75 Å². The van der Waals surface area contributed by atoms with Gasteiger partial charge < -0.3 is 15.0 Å². The van der Waals surface area contributed by atoms with Gasteiger partial charge in [-0.05, 0) is 50.1 Å². The normalized spacial score (nSPS) is 12.7. The molecular formula is C23H28ClFN2O3. The molecule has 0 aliphatic rings. The Labute approximate surface area is 182 Å². The van der Waals surface area contributed by atoms with Crippen molar-refractivity contribution in [1.29, 1.82) is 0 Å². The van der Waals surface area contributed by atoms with Gasteiger partial charge in [-0.2, -0.15) is 0 Å². The first kappa shape index (κ1) is 23.7. The average molecular weight is 435 g/mol. The van der Waals surface area contributed by atoms with Crippen LogP contribution in [-0.2, 0) is 22.6 Å². The van der Waals surface area contributed by atoms with Crippen LogP contribution >= 0.6 is 11.6 Å². The van der Waals surface area contributed by atoms with Crippen molar-refractivity contribution in [1.82, 2.24) is 10.2 Å². The summed E-state index contributed by atoms with van der Waals surface area (Å²) >= 11 is 6.10. The van der Waals surface area contributed by atoms with Crippen LogP contribution in [0.15, 0.2) is 42.5 Å². The third-order valence-electron chi connectivity index (χ3n) is 5.05. The first-order valence-corrected chi connectivity index (χ1v) is 10.3. The van der Waals surface area contributed by atoms with Gasteiger partial charge in [0.15, 0.2) is 0 Å². The molecule has 30 heavy (non-hydrogen) atoms. The maximum absolute atomic E-state index is 14.2. The highest BCUT2D eigenvalue weighted by Crippen LogP contribution is 2.22. The Morgan fingerprint density at radius 1 is 1.20 bits per heavy atom. The number of benzene rings is 2. The lowest BCUT2D eigenvalue weighted by molar-refractivity contribution is -0.140. The molecule has 0 saturated heterocycles. The zero-order valence-electron chi connectivity index (χ0n) is 17.7. The second-order valence-electron chi connectivity index (χ2n) is 7.24. The molecule has 162 valence electrons. The predicted molar refractivity (Wildman–Crippen MR) is 116 cm³/mol. The maximum Gasteiger partial charge on any atom is 0.242 e. The molecule has 2 amide bonds. The zero-order valence-corrected chi connectivity index (χ0v) is 18.5. The van der Waals surface area contributed by atoms with Gasteiger partial charge in [-0.1, -0.05) is 36.7 Å². The SMILES string of the molecule is CCC(C)NC(=O)C(C)N(Cc1cccc(OC)c1)C(=O)Cc1c(F)cccc1Cl. The van der Waals surface area contributed by atoms with Gasteiger partial charge in [0.05, 0.1) is 13.5 Å². The standard InChI is InChI=1S/C23H28ClFN2O3/c1-5-15(2)26-23(29)16(3)27(14-17-8-6-9-18(12-17)30-4)22(28)13-19-20(24)10-7-11-21(19)25/h6-12,15-16H,5,13-14H2,1-4H3,(H,26,29). The minimum atomic E-state index is -0.747. The minimum absolute atomic E-state index is 0.0188. The van der Waals surface area contributed by atoms with Crippen LogP contribution in [0, 0.1) is 5.82 Å². The molecule has 2 aromatic carbocycles. The molecule has 7 heteroatoms. The van der Waals surface area contributed by atoms with E-state index in [1.54, 1.807) is 32.2 Å². The summed E-state index contributed by atoms with van der Waals surface area (Å²) in [5.74, 6) is -0.556. The monoisotopic (exact) mass is 434 g/mol. The molecule has 0 aromatic heterocycles. The Bertz CT molecular complexity index is 870. The number of halogens is 2. The molecule has 0 bridgehead atoms. The highest BCUT2D eigenvalue weighted by atomic mass is 35.5. The van der Waals surface area contributed by atoms with Gasteiger partial charge in [0.25, 0.3) is 0 Å². The summed E-state index contributed by atoms with van der Waals surface area (Å²) in [4.78, 5) is 27.3. The highest BCUT2D eigenvalue weighted by molar-refractivity contribution is 6.31. The van der Waals surface area contributed by atoms with Crippen molar-refractivity contribution in [3.8, 4) is 5.75 Å². The lowest BCUT2D eigenvalue weighted by atomic mass is 10.1. The number of carbonyl (C=O) groups excluding carboxylic acids is 2. The van der Waals surface area contributed by atoms with Crippen LogP contribution in [0.1, 0.15) is 38.3 Å². The van der Waals surface area contributed by atoms with E-state index in [1.807, 2.05) is 26.0 Å². The summed E-state index contributed by atoms with van der Waals surface area (Å²) in [5.41, 5.74) is 0.917. The van der Waals surface area contributed by atoms with E-state index in [9.17, 15) is 14.0 Å². The fourth-order valence-electron chi connectivity index (χ4n) is 2.97. The second kappa shape index (κ2) is 11.0. The molecule has 2 aromatic rings. The van der Waals surface area contributed by atoms with Crippen molar-refractivity contribution in [2.45, 2.75) is 52.2 Å². The molecule has 2 atom stereocenters. The molecule has 2 rings (SSSR count). The van der Waals surface area contributed by atoms with E-state index in [0.717, 1.165) is 12.0 Å². The number of hydrogen-bond acceptors (Lipinski definition) is 3. The van der Waals surface area contributed by atoms with Crippen LogP contribution in [0.25, 0.3) is 0 Å². The third-order valence-corrected chi connectivity index (χ3v) is 5.40. The van der Waals surface area contributed by atoms with Gasteiger partial charge in [-0.25, -0.2) is 4.39 Å². The fraction of sp³-hybridized carbons (Fsp3) is 0.391. The van der Waals surface area contributed by atoms with E-state index in [2.05, 4.69) is 5.32 Å². The van der Waals surface area contributed by atoms with Gasteiger partial charge in [-0.3, -0.25) is 9.59 Å². The molecule has 0 saturated carbocycles. The average Bonchev–Trinajstić information content (AvgIpc) is 2.74. The smallest absolute Gasteiger partial charge is 0.242 e. The van der Waals surface area contributed by atoms with Gasteiger partial charge >= 0.3 is 0 Å². The van der Waals surface area contributed by atoms with Gasteiger partial charge in [0, 0.05) is 23.2 Å². The van der Waals surface area contributed by atoms with Crippen molar-refractivity contribution in [2.24, 2.45) is 0 Å². The van der Waals surface area contributed by atoms with Crippen molar-refractivity contribution >= 4 is 23.4 Å². The predicted octanol–water partition coefficient (Wildman–Crippen LogP) is 4.36. The van der Waals surface area contributed by atoms with Gasteiger partial charge in [0.2, 0.25) is 11.8 Å². The molecular weight excluding hydrogens is 407 g/mol. The van der Waals surface area contributed by atoms with Crippen LogP contribution < -0.4 is 10.1 Å². The Hall–Kier alpha value is -2.60.